The first-order chi connectivity index (χ1) is 8.15. The van der Waals surface area contributed by atoms with Gasteiger partial charge >= 0.3 is 0 Å². The van der Waals surface area contributed by atoms with E-state index in [1.165, 1.54) is 0 Å². The first kappa shape index (κ1) is 12.0. The van der Waals surface area contributed by atoms with Crippen LogP contribution in [0.1, 0.15) is 19.0 Å². The van der Waals surface area contributed by atoms with Gasteiger partial charge in [0.15, 0.2) is 5.43 Å². The smallest absolute Gasteiger partial charge is 0.189 e. The Kier molecular flexibility index (Phi) is 3.38. The number of aromatic amines is 1. The van der Waals surface area contributed by atoms with Crippen LogP contribution in [-0.2, 0) is 6.42 Å². The Hall–Kier alpha value is -1.48. The number of rotatable bonds is 3. The Morgan fingerprint density at radius 3 is 2.76 bits per heavy atom. The molecule has 0 spiro atoms. The summed E-state index contributed by atoms with van der Waals surface area (Å²) in [6.45, 7) is 2.07. The van der Waals surface area contributed by atoms with Crippen LogP contribution < -0.4 is 10.2 Å². The van der Waals surface area contributed by atoms with Gasteiger partial charge in [-0.25, -0.2) is 0 Å². The number of hydrogen-bond acceptors (Lipinski definition) is 2. The van der Waals surface area contributed by atoms with Crippen LogP contribution in [0.3, 0.4) is 0 Å². The topological polar surface area (TPSA) is 42.1 Å². The minimum Gasteiger partial charge on any atom is -0.494 e. The molecule has 3 nitrogen and oxygen atoms in total. The third-order valence-electron chi connectivity index (χ3n) is 2.66. The zero-order valence-corrected chi connectivity index (χ0v) is 10.6. The van der Waals surface area contributed by atoms with E-state index < -0.39 is 0 Å². The maximum absolute atomic E-state index is 12.0. The van der Waals surface area contributed by atoms with Gasteiger partial charge in [0.1, 0.15) is 5.75 Å². The lowest BCUT2D eigenvalue weighted by Gasteiger charge is -2.08. The summed E-state index contributed by atoms with van der Waals surface area (Å²) in [4.78, 5) is 15.2. The van der Waals surface area contributed by atoms with E-state index in [0.29, 0.717) is 21.7 Å². The van der Waals surface area contributed by atoms with Crippen molar-refractivity contribution in [3.63, 3.8) is 0 Å². The second kappa shape index (κ2) is 4.80. The second-order valence-corrected chi connectivity index (χ2v) is 4.38. The molecule has 1 aromatic carbocycles. The number of H-pyrrole nitrogens is 1. The number of hydrogen-bond donors (Lipinski definition) is 1. The van der Waals surface area contributed by atoms with E-state index in [-0.39, 0.29) is 5.43 Å². The fourth-order valence-corrected chi connectivity index (χ4v) is 2.11. The molecule has 4 heteroatoms. The van der Waals surface area contributed by atoms with Crippen LogP contribution >= 0.6 is 11.6 Å². The van der Waals surface area contributed by atoms with Crippen molar-refractivity contribution in [2.24, 2.45) is 0 Å². The first-order valence-electron chi connectivity index (χ1n) is 5.55. The van der Waals surface area contributed by atoms with E-state index in [2.05, 4.69) is 11.9 Å². The number of pyridine rings is 1. The Balaban J connectivity index is 2.77. The summed E-state index contributed by atoms with van der Waals surface area (Å²) >= 11 is 5.94. The minimum absolute atomic E-state index is 0.0250. The van der Waals surface area contributed by atoms with Crippen LogP contribution in [0, 0.1) is 0 Å². The van der Waals surface area contributed by atoms with Crippen molar-refractivity contribution in [2.75, 3.05) is 7.11 Å². The van der Waals surface area contributed by atoms with Crippen molar-refractivity contribution in [3.05, 3.63) is 39.1 Å². The highest BCUT2D eigenvalue weighted by molar-refractivity contribution is 6.31. The van der Waals surface area contributed by atoms with Gasteiger partial charge in [-0.2, -0.15) is 0 Å². The summed E-state index contributed by atoms with van der Waals surface area (Å²) in [7, 11) is 1.57. The molecular weight excluding hydrogens is 238 g/mol. The van der Waals surface area contributed by atoms with Gasteiger partial charge in [0.05, 0.1) is 18.0 Å². The summed E-state index contributed by atoms with van der Waals surface area (Å²) in [5.74, 6) is 0.600. The average Bonchev–Trinajstić information content (AvgIpc) is 2.30. The zero-order chi connectivity index (χ0) is 12.4. The molecule has 0 saturated heterocycles. The standard InChI is InChI=1S/C13H14ClNO2/c1-3-4-9-7-11(16)10-5-8(14)6-12(17-2)13(10)15-9/h5-7H,3-4H2,1-2H3,(H,15,16). The van der Waals surface area contributed by atoms with Crippen molar-refractivity contribution in [1.29, 1.82) is 0 Å². The third-order valence-corrected chi connectivity index (χ3v) is 2.88. The quantitative estimate of drug-likeness (QED) is 0.911. The summed E-state index contributed by atoms with van der Waals surface area (Å²) in [5, 5.41) is 1.07. The predicted molar refractivity (Wildman–Crippen MR) is 70.1 cm³/mol. The lowest BCUT2D eigenvalue weighted by Crippen LogP contribution is -2.06. The molecule has 0 radical (unpaired) electrons. The molecule has 0 unspecified atom stereocenters. The fourth-order valence-electron chi connectivity index (χ4n) is 1.90. The summed E-state index contributed by atoms with van der Waals surface area (Å²) in [5.41, 5.74) is 1.61. The Morgan fingerprint density at radius 2 is 2.12 bits per heavy atom. The lowest BCUT2D eigenvalue weighted by atomic mass is 10.1. The number of aromatic nitrogens is 1. The van der Waals surface area contributed by atoms with Crippen LogP contribution in [-0.4, -0.2) is 12.1 Å². The van der Waals surface area contributed by atoms with E-state index in [1.807, 2.05) is 0 Å². The summed E-state index contributed by atoms with van der Waals surface area (Å²) in [6.07, 6.45) is 1.83. The van der Waals surface area contributed by atoms with Crippen molar-refractivity contribution < 1.29 is 4.74 Å². The van der Waals surface area contributed by atoms with Gasteiger partial charge in [-0.05, 0) is 12.5 Å². The van der Waals surface area contributed by atoms with E-state index in [1.54, 1.807) is 25.3 Å². The molecule has 1 heterocycles. The Morgan fingerprint density at radius 1 is 1.35 bits per heavy atom. The molecule has 90 valence electrons. The molecule has 2 rings (SSSR count). The molecule has 0 saturated carbocycles. The van der Waals surface area contributed by atoms with Crippen molar-refractivity contribution in [1.82, 2.24) is 4.98 Å². The largest absolute Gasteiger partial charge is 0.494 e. The van der Waals surface area contributed by atoms with E-state index in [9.17, 15) is 4.79 Å². The summed E-state index contributed by atoms with van der Waals surface area (Å²) in [6, 6.07) is 4.99. The number of halogens is 1. The molecule has 0 amide bonds. The molecule has 0 bridgehead atoms. The minimum atomic E-state index is -0.0250. The Bertz CT molecular complexity index is 604. The molecule has 0 aliphatic carbocycles. The second-order valence-electron chi connectivity index (χ2n) is 3.94. The van der Waals surface area contributed by atoms with Gasteiger partial charge in [-0.15, -0.1) is 0 Å². The molecule has 0 aliphatic rings. The molecule has 1 aromatic heterocycles. The third kappa shape index (κ3) is 2.29. The molecule has 17 heavy (non-hydrogen) atoms. The Labute approximate surface area is 104 Å². The molecular formula is C13H14ClNO2. The van der Waals surface area contributed by atoms with Gasteiger partial charge in [-0.3, -0.25) is 4.79 Å². The van der Waals surface area contributed by atoms with Crippen LogP contribution in [0.5, 0.6) is 5.75 Å². The number of methoxy groups -OCH3 is 1. The van der Waals surface area contributed by atoms with E-state index >= 15 is 0 Å². The van der Waals surface area contributed by atoms with Gasteiger partial charge in [0, 0.05) is 22.8 Å². The van der Waals surface area contributed by atoms with Gasteiger partial charge in [-0.1, -0.05) is 24.9 Å². The highest BCUT2D eigenvalue weighted by atomic mass is 35.5. The fraction of sp³-hybridized carbons (Fsp3) is 0.308. The zero-order valence-electron chi connectivity index (χ0n) is 9.84. The monoisotopic (exact) mass is 251 g/mol. The van der Waals surface area contributed by atoms with Crippen molar-refractivity contribution >= 4 is 22.5 Å². The highest BCUT2D eigenvalue weighted by Gasteiger charge is 2.08. The van der Waals surface area contributed by atoms with Crippen molar-refractivity contribution in [2.45, 2.75) is 19.8 Å². The van der Waals surface area contributed by atoms with E-state index in [4.69, 9.17) is 16.3 Å². The SMILES string of the molecule is CCCc1cc(=O)c2cc(Cl)cc(OC)c2[nH]1. The summed E-state index contributed by atoms with van der Waals surface area (Å²) < 4.78 is 5.24. The average molecular weight is 252 g/mol. The number of benzene rings is 1. The number of fused-ring (bicyclic) bond motifs is 1. The lowest BCUT2D eigenvalue weighted by molar-refractivity contribution is 0.419. The number of aryl methyl sites for hydroxylation is 1. The normalized spacial score (nSPS) is 10.8. The van der Waals surface area contributed by atoms with Gasteiger partial charge in [0.2, 0.25) is 0 Å². The van der Waals surface area contributed by atoms with Crippen molar-refractivity contribution in [3.8, 4) is 5.75 Å². The maximum Gasteiger partial charge on any atom is 0.189 e. The van der Waals surface area contributed by atoms with E-state index in [0.717, 1.165) is 18.5 Å². The van der Waals surface area contributed by atoms with Crippen LogP contribution in [0.15, 0.2) is 23.0 Å². The predicted octanol–water partition coefficient (Wildman–Crippen LogP) is 3.14. The van der Waals surface area contributed by atoms with Gasteiger partial charge < -0.3 is 9.72 Å². The molecule has 0 aliphatic heterocycles. The number of nitrogens with one attached hydrogen (secondary N) is 1. The maximum atomic E-state index is 12.0. The first-order valence-corrected chi connectivity index (χ1v) is 5.93. The van der Waals surface area contributed by atoms with Gasteiger partial charge in [0.25, 0.3) is 0 Å². The van der Waals surface area contributed by atoms with Crippen LogP contribution in [0.4, 0.5) is 0 Å². The molecule has 2 aromatic rings. The molecule has 0 atom stereocenters. The van der Waals surface area contributed by atoms with Crippen LogP contribution in [0.25, 0.3) is 10.9 Å². The highest BCUT2D eigenvalue weighted by Crippen LogP contribution is 2.26. The number of ether oxygens (including phenoxy) is 1. The molecule has 1 N–H and O–H groups in total. The molecule has 0 fully saturated rings. The van der Waals surface area contributed by atoms with Crippen LogP contribution in [0.2, 0.25) is 5.02 Å².